The van der Waals surface area contributed by atoms with E-state index in [4.69, 9.17) is 10.7 Å². The molecule has 0 bridgehead atoms. The van der Waals surface area contributed by atoms with Gasteiger partial charge in [-0.1, -0.05) is 6.07 Å². The molecule has 0 saturated carbocycles. The number of amides is 1. The molecule has 3 rings (SSSR count). The highest BCUT2D eigenvalue weighted by Gasteiger charge is 2.25. The second kappa shape index (κ2) is 8.16. The fourth-order valence-electron chi connectivity index (χ4n) is 3.41. The van der Waals surface area contributed by atoms with Gasteiger partial charge in [-0.2, -0.15) is 0 Å². The molecule has 0 saturated heterocycles. The summed E-state index contributed by atoms with van der Waals surface area (Å²) in [5.41, 5.74) is 18.7. The minimum absolute atomic E-state index is 0.386. The lowest BCUT2D eigenvalue weighted by molar-refractivity contribution is -0.120. The van der Waals surface area contributed by atoms with Gasteiger partial charge in [-0.15, -0.1) is 11.3 Å². The summed E-state index contributed by atoms with van der Waals surface area (Å²) in [6.07, 6.45) is 0. The molecular weight excluding hydrogens is 370 g/mol. The Kier molecular flexibility index (Phi) is 5.86. The molecule has 0 aliphatic carbocycles. The summed E-state index contributed by atoms with van der Waals surface area (Å²) in [5.74, 6) is -0.873. The van der Waals surface area contributed by atoms with Gasteiger partial charge >= 0.3 is 0 Å². The van der Waals surface area contributed by atoms with Crippen molar-refractivity contribution in [1.82, 2.24) is 10.7 Å². The van der Waals surface area contributed by atoms with E-state index in [2.05, 4.69) is 54.3 Å². The van der Waals surface area contributed by atoms with Crippen LogP contribution in [0.1, 0.15) is 40.3 Å². The van der Waals surface area contributed by atoms with E-state index in [0.717, 1.165) is 44.4 Å². The van der Waals surface area contributed by atoms with Crippen LogP contribution in [0, 0.1) is 19.8 Å². The van der Waals surface area contributed by atoms with Gasteiger partial charge in [0.2, 0.25) is 5.91 Å². The number of fused-ring (bicyclic) bond motifs is 1. The normalized spacial score (nSPS) is 15.5. The lowest BCUT2D eigenvalue weighted by Crippen LogP contribution is -2.28. The summed E-state index contributed by atoms with van der Waals surface area (Å²) < 4.78 is 0. The highest BCUT2D eigenvalue weighted by Crippen LogP contribution is 2.35. The number of aliphatic imine (C=N–C) groups is 1. The first-order chi connectivity index (χ1) is 13.3. The molecule has 0 fully saturated rings. The van der Waals surface area contributed by atoms with Gasteiger partial charge in [0.05, 0.1) is 23.0 Å². The van der Waals surface area contributed by atoms with Crippen molar-refractivity contribution in [2.45, 2.75) is 34.2 Å². The topological polar surface area (TPSA) is 91.5 Å². The molecule has 0 radical (unpaired) electrons. The van der Waals surface area contributed by atoms with Crippen LogP contribution in [0.3, 0.4) is 0 Å². The van der Waals surface area contributed by atoms with Crippen LogP contribution in [0.15, 0.2) is 35.0 Å². The molecule has 1 unspecified atom stereocenters. The molecule has 5 N–H and O–H groups in total. The van der Waals surface area contributed by atoms with Crippen LogP contribution >= 0.6 is 11.3 Å². The highest BCUT2D eigenvalue weighted by molar-refractivity contribution is 7.14. The van der Waals surface area contributed by atoms with Crippen molar-refractivity contribution >= 4 is 34.3 Å². The number of nitrogens with one attached hydrogen (secondary N) is 3. The molecule has 7 heteroatoms. The second-order valence-electron chi connectivity index (χ2n) is 7.01. The third-order valence-electron chi connectivity index (χ3n) is 5.01. The quantitative estimate of drug-likeness (QED) is 0.563. The number of rotatable bonds is 6. The van der Waals surface area contributed by atoms with Gasteiger partial charge in [0.25, 0.3) is 0 Å². The van der Waals surface area contributed by atoms with Crippen molar-refractivity contribution in [3.63, 3.8) is 0 Å². The molecule has 1 aliphatic heterocycles. The Labute approximate surface area is 169 Å². The molecule has 1 aliphatic rings. The average molecular weight is 398 g/mol. The maximum atomic E-state index is 12.0. The van der Waals surface area contributed by atoms with Gasteiger partial charge in [-0.05, 0) is 51.5 Å². The molecule has 1 amide bonds. The number of hydrazine groups is 1. The van der Waals surface area contributed by atoms with Crippen LogP contribution in [0.2, 0.25) is 0 Å². The molecule has 6 nitrogen and oxygen atoms in total. The van der Waals surface area contributed by atoms with Crippen molar-refractivity contribution in [2.75, 3.05) is 12.5 Å². The number of benzene rings is 1. The predicted octanol–water partition coefficient (Wildman–Crippen LogP) is 3.31. The summed E-state index contributed by atoms with van der Waals surface area (Å²) in [4.78, 5) is 19.4. The van der Waals surface area contributed by atoms with Gasteiger partial charge in [-0.3, -0.25) is 4.79 Å². The van der Waals surface area contributed by atoms with Crippen molar-refractivity contribution in [1.29, 1.82) is 0 Å². The Bertz CT molecular complexity index is 973. The summed E-state index contributed by atoms with van der Waals surface area (Å²) in [5, 5.41) is 3.20. The van der Waals surface area contributed by atoms with E-state index in [1.165, 1.54) is 4.88 Å². The van der Waals surface area contributed by atoms with Gasteiger partial charge in [0, 0.05) is 40.2 Å². The van der Waals surface area contributed by atoms with E-state index in [0.29, 0.717) is 6.54 Å². The molecule has 1 aromatic carbocycles. The van der Waals surface area contributed by atoms with Crippen LogP contribution in [-0.4, -0.2) is 18.7 Å². The van der Waals surface area contributed by atoms with Crippen LogP contribution in [0.25, 0.3) is 5.70 Å². The Morgan fingerprint density at radius 3 is 2.64 bits per heavy atom. The molecule has 1 atom stereocenters. The predicted molar refractivity (Wildman–Crippen MR) is 117 cm³/mol. The van der Waals surface area contributed by atoms with E-state index < -0.39 is 5.92 Å². The van der Waals surface area contributed by atoms with Crippen LogP contribution < -0.4 is 21.9 Å². The zero-order valence-corrected chi connectivity index (χ0v) is 17.8. The Morgan fingerprint density at radius 1 is 1.29 bits per heavy atom. The van der Waals surface area contributed by atoms with Crippen molar-refractivity contribution < 1.29 is 4.79 Å². The van der Waals surface area contributed by atoms with Gasteiger partial charge in [-0.25, -0.2) is 10.4 Å². The maximum Gasteiger partial charge on any atom is 0.226 e. The highest BCUT2D eigenvalue weighted by atomic mass is 32.1. The molecular formula is C21H27N5OS. The van der Waals surface area contributed by atoms with Crippen molar-refractivity contribution in [2.24, 2.45) is 16.6 Å². The Hall–Kier alpha value is -2.64. The van der Waals surface area contributed by atoms with Gasteiger partial charge < -0.3 is 16.5 Å². The zero-order chi connectivity index (χ0) is 20.4. The fraction of sp³-hybridized carbons (Fsp3) is 0.333. The molecule has 2 heterocycles. The SMILES string of the molecule is CN/C(=C(/N=C(C)c1ccc(C)s1)c1c(C)ccc2c1CNN2)C(C)C(N)=O. The summed E-state index contributed by atoms with van der Waals surface area (Å²) in [6.45, 7) is 8.64. The number of hydrogen-bond donors (Lipinski definition) is 4. The van der Waals surface area contributed by atoms with Gasteiger partial charge in [0.1, 0.15) is 0 Å². The molecule has 1 aromatic heterocycles. The Morgan fingerprint density at radius 2 is 2.04 bits per heavy atom. The van der Waals surface area contributed by atoms with Crippen LogP contribution in [0.4, 0.5) is 5.69 Å². The molecule has 148 valence electrons. The zero-order valence-electron chi connectivity index (χ0n) is 16.9. The molecule has 28 heavy (non-hydrogen) atoms. The second-order valence-corrected chi connectivity index (χ2v) is 8.29. The first-order valence-electron chi connectivity index (χ1n) is 9.28. The molecule has 0 spiro atoms. The minimum atomic E-state index is -0.487. The summed E-state index contributed by atoms with van der Waals surface area (Å²) in [7, 11) is 1.81. The first kappa shape index (κ1) is 20.1. The third-order valence-corrected chi connectivity index (χ3v) is 6.12. The van der Waals surface area contributed by atoms with E-state index in [-0.39, 0.29) is 5.91 Å². The molecule has 2 aromatic rings. The number of primary amides is 1. The summed E-state index contributed by atoms with van der Waals surface area (Å²) in [6, 6.07) is 8.29. The number of nitrogens with zero attached hydrogens (tertiary/aromatic N) is 1. The standard InChI is InChI=1S/C21H27N5OS/c1-11-6-8-16-15(10-24-26-16)18(11)20(19(23-5)13(3)21(22)27)25-14(4)17-9-7-12(2)28-17/h6-9,13,23-24,26H,10H2,1-5H3,(H2,22,27)/b20-19+,25-14?. The van der Waals surface area contributed by atoms with Crippen LogP contribution in [-0.2, 0) is 11.3 Å². The smallest absolute Gasteiger partial charge is 0.226 e. The minimum Gasteiger partial charge on any atom is -0.389 e. The lowest BCUT2D eigenvalue weighted by atomic mass is 9.93. The van der Waals surface area contributed by atoms with E-state index in [9.17, 15) is 4.79 Å². The van der Waals surface area contributed by atoms with Crippen molar-refractivity contribution in [3.8, 4) is 0 Å². The van der Waals surface area contributed by atoms with E-state index in [1.807, 2.05) is 20.9 Å². The number of anilines is 1. The number of carbonyl (C=O) groups is 1. The third kappa shape index (κ3) is 3.81. The fourth-order valence-corrected chi connectivity index (χ4v) is 4.22. The van der Waals surface area contributed by atoms with Crippen LogP contribution in [0.5, 0.6) is 0 Å². The maximum absolute atomic E-state index is 12.0. The number of nitrogens with two attached hydrogens (primary N) is 1. The number of hydrogen-bond acceptors (Lipinski definition) is 6. The largest absolute Gasteiger partial charge is 0.389 e. The number of carbonyl (C=O) groups excluding carboxylic acids is 1. The van der Waals surface area contributed by atoms with E-state index in [1.54, 1.807) is 11.3 Å². The lowest BCUT2D eigenvalue weighted by Gasteiger charge is -2.20. The number of aryl methyl sites for hydroxylation is 2. The summed E-state index contributed by atoms with van der Waals surface area (Å²) >= 11 is 1.71. The van der Waals surface area contributed by atoms with Crippen molar-refractivity contribution in [3.05, 3.63) is 56.4 Å². The number of thiophene rings is 1. The Balaban J connectivity index is 2.27. The van der Waals surface area contributed by atoms with E-state index >= 15 is 0 Å². The average Bonchev–Trinajstić information content (AvgIpc) is 3.30. The first-order valence-corrected chi connectivity index (χ1v) is 10.1. The monoisotopic (exact) mass is 397 g/mol. The van der Waals surface area contributed by atoms with Gasteiger partial charge in [0.15, 0.2) is 0 Å².